The number of ether oxygens (including phenoxy) is 2. The van der Waals surface area contributed by atoms with Crippen molar-refractivity contribution < 1.29 is 14.0 Å². The highest BCUT2D eigenvalue weighted by Crippen LogP contribution is 2.24. The van der Waals surface area contributed by atoms with Gasteiger partial charge in [-0.25, -0.2) is 4.98 Å². The van der Waals surface area contributed by atoms with Gasteiger partial charge in [0.25, 0.3) is 5.89 Å². The van der Waals surface area contributed by atoms with Gasteiger partial charge < -0.3 is 19.3 Å². The Hall–Kier alpha value is -2.48. The summed E-state index contributed by atoms with van der Waals surface area (Å²) in [6.07, 6.45) is 1.73. The van der Waals surface area contributed by atoms with E-state index in [1.54, 1.807) is 18.3 Å². The van der Waals surface area contributed by atoms with Crippen LogP contribution < -0.4 is 5.32 Å². The first-order chi connectivity index (χ1) is 12.8. The van der Waals surface area contributed by atoms with Gasteiger partial charge in [0, 0.05) is 23.3 Å². The molecule has 1 saturated heterocycles. The number of benzene rings is 1. The largest absolute Gasteiger partial charge is 0.376 e. The Bertz CT molecular complexity index is 863. The van der Waals surface area contributed by atoms with Crippen molar-refractivity contribution in [2.75, 3.05) is 31.7 Å². The maximum absolute atomic E-state index is 6.00. The summed E-state index contributed by atoms with van der Waals surface area (Å²) in [5.41, 5.74) is 1.54. The number of rotatable bonds is 5. The van der Waals surface area contributed by atoms with Crippen LogP contribution >= 0.6 is 11.6 Å². The quantitative estimate of drug-likeness (QED) is 0.735. The lowest BCUT2D eigenvalue weighted by Gasteiger charge is -2.23. The molecule has 1 fully saturated rings. The van der Waals surface area contributed by atoms with Crippen molar-refractivity contribution in [3.05, 3.63) is 47.6 Å². The number of aromatic nitrogens is 3. The Morgan fingerprint density at radius 2 is 2.12 bits per heavy atom. The maximum Gasteiger partial charge on any atom is 0.259 e. The summed E-state index contributed by atoms with van der Waals surface area (Å²) in [7, 11) is 0. The van der Waals surface area contributed by atoms with E-state index in [1.165, 1.54) is 0 Å². The molecule has 7 nitrogen and oxygen atoms in total. The second kappa shape index (κ2) is 7.82. The molecule has 2 aromatic heterocycles. The molecular formula is C18H17ClN4O3. The van der Waals surface area contributed by atoms with E-state index >= 15 is 0 Å². The molecule has 0 spiro atoms. The minimum absolute atomic E-state index is 0.0430. The molecule has 0 amide bonds. The first kappa shape index (κ1) is 17.0. The number of halogens is 1. The molecule has 1 atom stereocenters. The SMILES string of the molecule is Clc1cccc(-c2noc(-c3ccc(NC[C@@H]4COCCO4)nc3)n2)c1. The lowest BCUT2D eigenvalue weighted by atomic mass is 10.2. The molecule has 134 valence electrons. The van der Waals surface area contributed by atoms with E-state index in [0.29, 0.717) is 43.1 Å². The normalized spacial score (nSPS) is 17.2. The lowest BCUT2D eigenvalue weighted by molar-refractivity contribution is -0.0819. The molecule has 1 aliphatic rings. The van der Waals surface area contributed by atoms with Gasteiger partial charge in [0.1, 0.15) is 5.82 Å². The number of hydrogen-bond donors (Lipinski definition) is 1. The lowest BCUT2D eigenvalue weighted by Crippen LogP contribution is -2.34. The van der Waals surface area contributed by atoms with Gasteiger partial charge in [-0.05, 0) is 24.3 Å². The highest BCUT2D eigenvalue weighted by atomic mass is 35.5. The Labute approximate surface area is 155 Å². The van der Waals surface area contributed by atoms with Gasteiger partial charge in [0.2, 0.25) is 5.82 Å². The molecular weight excluding hydrogens is 356 g/mol. The van der Waals surface area contributed by atoms with Crippen molar-refractivity contribution in [3.8, 4) is 22.8 Å². The van der Waals surface area contributed by atoms with Crippen LogP contribution in [-0.4, -0.2) is 47.6 Å². The van der Waals surface area contributed by atoms with E-state index in [2.05, 4.69) is 20.4 Å². The predicted molar refractivity (Wildman–Crippen MR) is 97.0 cm³/mol. The van der Waals surface area contributed by atoms with Crippen LogP contribution in [0.15, 0.2) is 47.1 Å². The van der Waals surface area contributed by atoms with Gasteiger partial charge in [-0.2, -0.15) is 4.98 Å². The van der Waals surface area contributed by atoms with Crippen molar-refractivity contribution in [1.29, 1.82) is 0 Å². The monoisotopic (exact) mass is 372 g/mol. The zero-order valence-electron chi connectivity index (χ0n) is 13.9. The van der Waals surface area contributed by atoms with Gasteiger partial charge in [0.05, 0.1) is 31.5 Å². The summed E-state index contributed by atoms with van der Waals surface area (Å²) >= 11 is 6.00. The second-order valence-corrected chi connectivity index (χ2v) is 6.25. The average Bonchev–Trinajstić information content (AvgIpc) is 3.18. The number of anilines is 1. The highest BCUT2D eigenvalue weighted by molar-refractivity contribution is 6.30. The van der Waals surface area contributed by atoms with E-state index in [9.17, 15) is 0 Å². The maximum atomic E-state index is 6.00. The van der Waals surface area contributed by atoms with Crippen molar-refractivity contribution in [3.63, 3.8) is 0 Å². The molecule has 0 aliphatic carbocycles. The summed E-state index contributed by atoms with van der Waals surface area (Å²) in [4.78, 5) is 8.79. The summed E-state index contributed by atoms with van der Waals surface area (Å²) in [5.74, 6) is 1.64. The molecule has 4 rings (SSSR count). The fraction of sp³-hybridized carbons (Fsp3) is 0.278. The van der Waals surface area contributed by atoms with Crippen molar-refractivity contribution in [2.45, 2.75) is 6.10 Å². The summed E-state index contributed by atoms with van der Waals surface area (Å²) in [6.45, 7) is 2.53. The van der Waals surface area contributed by atoms with Crippen LogP contribution in [0.4, 0.5) is 5.82 Å². The van der Waals surface area contributed by atoms with Crippen LogP contribution in [0.5, 0.6) is 0 Å². The van der Waals surface area contributed by atoms with Crippen LogP contribution in [0.2, 0.25) is 5.02 Å². The van der Waals surface area contributed by atoms with Crippen molar-refractivity contribution in [2.24, 2.45) is 0 Å². The Kier molecular flexibility index (Phi) is 5.10. The average molecular weight is 373 g/mol. The van der Waals surface area contributed by atoms with Gasteiger partial charge in [-0.15, -0.1) is 0 Å². The molecule has 1 aromatic carbocycles. The minimum Gasteiger partial charge on any atom is -0.376 e. The Morgan fingerprint density at radius 1 is 1.15 bits per heavy atom. The van der Waals surface area contributed by atoms with E-state index in [4.69, 9.17) is 25.6 Å². The zero-order chi connectivity index (χ0) is 17.8. The van der Waals surface area contributed by atoms with Crippen LogP contribution in [0.3, 0.4) is 0 Å². The molecule has 0 unspecified atom stereocenters. The minimum atomic E-state index is 0.0430. The molecule has 8 heteroatoms. The van der Waals surface area contributed by atoms with Crippen LogP contribution in [0.1, 0.15) is 0 Å². The molecule has 1 aliphatic heterocycles. The molecule has 0 saturated carbocycles. The fourth-order valence-corrected chi connectivity index (χ4v) is 2.77. The van der Waals surface area contributed by atoms with E-state index in [1.807, 2.05) is 24.3 Å². The Morgan fingerprint density at radius 3 is 2.88 bits per heavy atom. The first-order valence-corrected chi connectivity index (χ1v) is 8.65. The number of nitrogens with one attached hydrogen (secondary N) is 1. The van der Waals surface area contributed by atoms with Crippen LogP contribution in [0, 0.1) is 0 Å². The molecule has 3 aromatic rings. The van der Waals surface area contributed by atoms with Gasteiger partial charge >= 0.3 is 0 Å². The Balaban J connectivity index is 1.42. The zero-order valence-corrected chi connectivity index (χ0v) is 14.6. The van der Waals surface area contributed by atoms with Crippen molar-refractivity contribution >= 4 is 17.4 Å². The topological polar surface area (TPSA) is 82.3 Å². The number of pyridine rings is 1. The third-order valence-electron chi connectivity index (χ3n) is 3.92. The van der Waals surface area contributed by atoms with Gasteiger partial charge in [-0.3, -0.25) is 0 Å². The standard InChI is InChI=1S/C18H17ClN4O3/c19-14-3-1-2-12(8-14)17-22-18(26-23-17)13-4-5-16(20-9-13)21-10-15-11-24-6-7-25-15/h1-5,8-9,15H,6-7,10-11H2,(H,20,21)/t15-/m1/s1. The van der Waals surface area contributed by atoms with Gasteiger partial charge in [0.15, 0.2) is 0 Å². The third-order valence-corrected chi connectivity index (χ3v) is 4.15. The highest BCUT2D eigenvalue weighted by Gasteiger charge is 2.15. The fourth-order valence-electron chi connectivity index (χ4n) is 2.58. The summed E-state index contributed by atoms with van der Waals surface area (Å²) < 4.78 is 16.3. The van der Waals surface area contributed by atoms with Crippen molar-refractivity contribution in [1.82, 2.24) is 15.1 Å². The van der Waals surface area contributed by atoms with E-state index in [-0.39, 0.29) is 6.10 Å². The first-order valence-electron chi connectivity index (χ1n) is 8.27. The molecule has 0 bridgehead atoms. The van der Waals surface area contributed by atoms with E-state index < -0.39 is 0 Å². The van der Waals surface area contributed by atoms with Gasteiger partial charge in [-0.1, -0.05) is 28.9 Å². The molecule has 1 N–H and O–H groups in total. The number of nitrogens with zero attached hydrogens (tertiary/aromatic N) is 3. The number of hydrogen-bond acceptors (Lipinski definition) is 7. The summed E-state index contributed by atoms with van der Waals surface area (Å²) in [5, 5.41) is 7.86. The molecule has 26 heavy (non-hydrogen) atoms. The van der Waals surface area contributed by atoms with E-state index in [0.717, 1.165) is 16.9 Å². The van der Waals surface area contributed by atoms with Crippen LogP contribution in [-0.2, 0) is 9.47 Å². The molecule has 0 radical (unpaired) electrons. The molecule has 3 heterocycles. The predicted octanol–water partition coefficient (Wildman–Crippen LogP) is 3.28. The smallest absolute Gasteiger partial charge is 0.259 e. The summed E-state index contributed by atoms with van der Waals surface area (Å²) in [6, 6.07) is 11.1. The van der Waals surface area contributed by atoms with Crippen LogP contribution in [0.25, 0.3) is 22.8 Å². The third kappa shape index (κ3) is 4.01. The second-order valence-electron chi connectivity index (χ2n) is 5.81.